The molecule has 1 aliphatic rings. The van der Waals surface area contributed by atoms with E-state index in [1.54, 1.807) is 13.8 Å². The summed E-state index contributed by atoms with van der Waals surface area (Å²) in [7, 11) is 0. The topological polar surface area (TPSA) is 61.7 Å². The summed E-state index contributed by atoms with van der Waals surface area (Å²) in [5.74, 6) is 0.0140. The summed E-state index contributed by atoms with van der Waals surface area (Å²) in [6.07, 6.45) is -0.167. The molecule has 1 fully saturated rings. The molecule has 0 radical (unpaired) electrons. The summed E-state index contributed by atoms with van der Waals surface area (Å²) in [5.41, 5.74) is 0.969. The SMILES string of the molecule is CC(C)O.CC1SC(=N[C@@H](C)c2ccccc2Cl)NC1=O. The number of carbonyl (C=O) groups is 1. The quantitative estimate of drug-likeness (QED) is 0.874. The van der Waals surface area contributed by atoms with Gasteiger partial charge in [-0.3, -0.25) is 9.79 Å². The Kier molecular flexibility index (Phi) is 7.22. The molecule has 2 N–H and O–H groups in total. The standard InChI is InChI=1S/C12H13ClN2OS.C3H8O/c1-7(9-5-3-4-6-10(9)13)14-12-15-11(16)8(2)17-12;1-3(2)4/h3-8H,1-2H3,(H,14,15,16);3-4H,1-2H3/t7-,8?;/m0./s1. The Morgan fingerprint density at radius 1 is 1.33 bits per heavy atom. The lowest BCUT2D eigenvalue weighted by atomic mass is 10.1. The summed E-state index contributed by atoms with van der Waals surface area (Å²) < 4.78 is 0. The maximum absolute atomic E-state index is 11.3. The molecule has 2 rings (SSSR count). The van der Waals surface area contributed by atoms with Gasteiger partial charge in [0, 0.05) is 11.1 Å². The summed E-state index contributed by atoms with van der Waals surface area (Å²) in [6.45, 7) is 7.27. The number of hydrogen-bond donors (Lipinski definition) is 2. The normalized spacial score (nSPS) is 21.0. The van der Waals surface area contributed by atoms with Crippen molar-refractivity contribution in [2.45, 2.75) is 45.1 Å². The van der Waals surface area contributed by atoms with E-state index in [1.165, 1.54) is 11.8 Å². The fraction of sp³-hybridized carbons (Fsp3) is 0.467. The first kappa shape index (κ1) is 18.0. The van der Waals surface area contributed by atoms with E-state index in [9.17, 15) is 4.79 Å². The van der Waals surface area contributed by atoms with Gasteiger partial charge in [0.15, 0.2) is 5.17 Å². The van der Waals surface area contributed by atoms with Crippen LogP contribution in [0, 0.1) is 0 Å². The number of aliphatic hydroxyl groups is 1. The second-order valence-electron chi connectivity index (χ2n) is 4.97. The van der Waals surface area contributed by atoms with Crippen LogP contribution in [0.1, 0.15) is 39.3 Å². The molecule has 1 aromatic carbocycles. The van der Waals surface area contributed by atoms with Crippen LogP contribution in [0.15, 0.2) is 29.3 Å². The number of aliphatic hydroxyl groups excluding tert-OH is 1. The van der Waals surface area contributed by atoms with Crippen LogP contribution in [0.5, 0.6) is 0 Å². The largest absolute Gasteiger partial charge is 0.394 e. The number of carbonyl (C=O) groups excluding carboxylic acids is 1. The highest BCUT2D eigenvalue weighted by molar-refractivity contribution is 8.15. The molecule has 0 aliphatic carbocycles. The Morgan fingerprint density at radius 2 is 1.90 bits per heavy atom. The summed E-state index contributed by atoms with van der Waals surface area (Å²) in [5, 5.41) is 12.1. The van der Waals surface area contributed by atoms with Gasteiger partial charge in [0.25, 0.3) is 0 Å². The lowest BCUT2D eigenvalue weighted by Crippen LogP contribution is -2.23. The average molecular weight is 329 g/mol. The van der Waals surface area contributed by atoms with Crippen molar-refractivity contribution in [1.29, 1.82) is 0 Å². The number of halogens is 1. The molecule has 0 spiro atoms. The molecule has 4 nitrogen and oxygen atoms in total. The molecule has 0 aromatic heterocycles. The highest BCUT2D eigenvalue weighted by atomic mass is 35.5. The van der Waals surface area contributed by atoms with Crippen LogP contribution >= 0.6 is 23.4 Å². The van der Waals surface area contributed by atoms with Gasteiger partial charge in [0.2, 0.25) is 5.91 Å². The van der Waals surface area contributed by atoms with Crippen LogP contribution < -0.4 is 5.32 Å². The molecule has 1 aromatic rings. The second-order valence-corrected chi connectivity index (χ2v) is 6.71. The molecule has 21 heavy (non-hydrogen) atoms. The van der Waals surface area contributed by atoms with E-state index in [2.05, 4.69) is 10.3 Å². The van der Waals surface area contributed by atoms with Gasteiger partial charge >= 0.3 is 0 Å². The molecular weight excluding hydrogens is 308 g/mol. The Morgan fingerprint density at radius 3 is 2.38 bits per heavy atom. The van der Waals surface area contributed by atoms with Gasteiger partial charge < -0.3 is 10.4 Å². The monoisotopic (exact) mass is 328 g/mol. The van der Waals surface area contributed by atoms with E-state index in [1.807, 2.05) is 38.1 Å². The second kappa shape index (κ2) is 8.41. The molecule has 1 saturated heterocycles. The van der Waals surface area contributed by atoms with E-state index >= 15 is 0 Å². The molecule has 1 aliphatic heterocycles. The zero-order chi connectivity index (χ0) is 16.0. The molecule has 2 atom stereocenters. The highest BCUT2D eigenvalue weighted by Gasteiger charge is 2.26. The van der Waals surface area contributed by atoms with E-state index < -0.39 is 0 Å². The van der Waals surface area contributed by atoms with Gasteiger partial charge in [-0.2, -0.15) is 0 Å². The van der Waals surface area contributed by atoms with Crippen LogP contribution in [0.4, 0.5) is 0 Å². The smallest absolute Gasteiger partial charge is 0.239 e. The van der Waals surface area contributed by atoms with Crippen molar-refractivity contribution in [3.63, 3.8) is 0 Å². The van der Waals surface area contributed by atoms with Crippen molar-refractivity contribution in [3.8, 4) is 0 Å². The molecule has 1 amide bonds. The van der Waals surface area contributed by atoms with Gasteiger partial charge in [-0.1, -0.05) is 41.6 Å². The summed E-state index contributed by atoms with van der Waals surface area (Å²) >= 11 is 7.55. The molecule has 1 unspecified atom stereocenters. The zero-order valence-corrected chi connectivity index (χ0v) is 14.2. The number of nitrogens with one attached hydrogen (secondary N) is 1. The fourth-order valence-corrected chi connectivity index (χ4v) is 2.75. The molecule has 116 valence electrons. The van der Waals surface area contributed by atoms with Gasteiger partial charge in [0.05, 0.1) is 11.3 Å². The minimum atomic E-state index is -0.167. The third-order valence-electron chi connectivity index (χ3n) is 2.55. The number of benzene rings is 1. The number of hydrogen-bond acceptors (Lipinski definition) is 4. The van der Waals surface area contributed by atoms with Crippen LogP contribution in [-0.2, 0) is 4.79 Å². The van der Waals surface area contributed by atoms with Crippen LogP contribution in [0.25, 0.3) is 0 Å². The van der Waals surface area contributed by atoms with Gasteiger partial charge in [-0.15, -0.1) is 0 Å². The van der Waals surface area contributed by atoms with Crippen LogP contribution in [0.3, 0.4) is 0 Å². The first-order chi connectivity index (χ1) is 9.81. The van der Waals surface area contributed by atoms with Crippen LogP contribution in [-0.4, -0.2) is 27.5 Å². The van der Waals surface area contributed by atoms with E-state index in [-0.39, 0.29) is 23.3 Å². The maximum Gasteiger partial charge on any atom is 0.239 e. The van der Waals surface area contributed by atoms with Gasteiger partial charge in [-0.05, 0) is 39.3 Å². The van der Waals surface area contributed by atoms with Gasteiger partial charge in [-0.25, -0.2) is 0 Å². The lowest BCUT2D eigenvalue weighted by molar-refractivity contribution is -0.118. The summed E-state index contributed by atoms with van der Waals surface area (Å²) in [4.78, 5) is 15.8. The number of nitrogens with zero attached hydrogens (tertiary/aromatic N) is 1. The minimum absolute atomic E-state index is 0.0140. The maximum atomic E-state index is 11.3. The molecule has 6 heteroatoms. The Bertz CT molecular complexity index is 517. The van der Waals surface area contributed by atoms with Crippen LogP contribution in [0.2, 0.25) is 5.02 Å². The Balaban J connectivity index is 0.000000491. The Labute approximate surface area is 135 Å². The third kappa shape index (κ3) is 6.08. The molecule has 0 saturated carbocycles. The molecule has 1 heterocycles. The zero-order valence-electron chi connectivity index (χ0n) is 12.6. The molecular formula is C15H21ClN2O2S. The molecule has 0 bridgehead atoms. The predicted molar refractivity (Wildman–Crippen MR) is 89.9 cm³/mol. The number of thioether (sulfide) groups is 1. The summed E-state index contributed by atoms with van der Waals surface area (Å²) in [6, 6.07) is 7.55. The fourth-order valence-electron chi connectivity index (χ4n) is 1.58. The average Bonchev–Trinajstić information content (AvgIpc) is 2.68. The van der Waals surface area contributed by atoms with E-state index in [4.69, 9.17) is 16.7 Å². The van der Waals surface area contributed by atoms with E-state index in [0.29, 0.717) is 10.2 Å². The number of amidine groups is 1. The lowest BCUT2D eigenvalue weighted by Gasteiger charge is -2.09. The number of aliphatic imine (C=N–C) groups is 1. The number of rotatable bonds is 2. The highest BCUT2D eigenvalue weighted by Crippen LogP contribution is 2.27. The third-order valence-corrected chi connectivity index (χ3v) is 3.90. The van der Waals surface area contributed by atoms with Crippen molar-refractivity contribution < 1.29 is 9.90 Å². The van der Waals surface area contributed by atoms with Gasteiger partial charge in [0.1, 0.15) is 0 Å². The van der Waals surface area contributed by atoms with E-state index in [0.717, 1.165) is 5.56 Å². The van der Waals surface area contributed by atoms with Crippen molar-refractivity contribution >= 4 is 34.4 Å². The first-order valence-electron chi connectivity index (χ1n) is 6.79. The van der Waals surface area contributed by atoms with Crippen molar-refractivity contribution in [2.75, 3.05) is 0 Å². The first-order valence-corrected chi connectivity index (χ1v) is 8.04. The predicted octanol–water partition coefficient (Wildman–Crippen LogP) is 3.40. The number of amides is 1. The Hall–Kier alpha value is -1.04. The van der Waals surface area contributed by atoms with Crippen molar-refractivity contribution in [1.82, 2.24) is 5.32 Å². The minimum Gasteiger partial charge on any atom is -0.394 e. The van der Waals surface area contributed by atoms with Crippen molar-refractivity contribution in [2.24, 2.45) is 4.99 Å². The van der Waals surface area contributed by atoms with Crippen molar-refractivity contribution in [3.05, 3.63) is 34.9 Å².